The van der Waals surface area contributed by atoms with Crippen LogP contribution in [0.5, 0.6) is 0 Å². The van der Waals surface area contributed by atoms with E-state index >= 15 is 0 Å². The highest BCUT2D eigenvalue weighted by atomic mass is 35.5. The van der Waals surface area contributed by atoms with E-state index < -0.39 is 0 Å². The van der Waals surface area contributed by atoms with Gasteiger partial charge in [-0.1, -0.05) is 37.1 Å². The summed E-state index contributed by atoms with van der Waals surface area (Å²) in [5.41, 5.74) is 0.871. The third-order valence-corrected chi connectivity index (χ3v) is 3.09. The summed E-state index contributed by atoms with van der Waals surface area (Å²) in [6.45, 7) is 7.04. The van der Waals surface area contributed by atoms with Gasteiger partial charge < -0.3 is 5.32 Å². The van der Waals surface area contributed by atoms with Gasteiger partial charge in [0.2, 0.25) is 0 Å². The summed E-state index contributed by atoms with van der Waals surface area (Å²) < 4.78 is 13.2. The molecule has 0 aliphatic carbocycles. The number of halogens is 2. The fraction of sp³-hybridized carbons (Fsp3) is 0.538. The molecule has 1 rings (SSSR count). The Morgan fingerprint density at radius 2 is 2.06 bits per heavy atom. The molecule has 0 bridgehead atoms. The molecule has 0 atom stereocenters. The molecule has 0 aromatic heterocycles. The van der Waals surface area contributed by atoms with E-state index in [1.54, 1.807) is 6.07 Å². The molecule has 0 amide bonds. The Labute approximate surface area is 102 Å². The van der Waals surface area contributed by atoms with Crippen molar-refractivity contribution in [1.29, 1.82) is 0 Å². The van der Waals surface area contributed by atoms with Gasteiger partial charge in [-0.05, 0) is 31.9 Å². The minimum atomic E-state index is -0.353. The fourth-order valence-electron chi connectivity index (χ4n) is 1.73. The lowest BCUT2D eigenvalue weighted by atomic mass is 9.98. The predicted molar refractivity (Wildman–Crippen MR) is 67.2 cm³/mol. The zero-order chi connectivity index (χ0) is 12.2. The van der Waals surface area contributed by atoms with Crippen molar-refractivity contribution in [1.82, 2.24) is 5.32 Å². The van der Waals surface area contributed by atoms with Gasteiger partial charge in [-0.15, -0.1) is 0 Å². The summed E-state index contributed by atoms with van der Waals surface area (Å²) in [6, 6.07) is 4.91. The normalized spacial score (nSPS) is 11.8. The second-order valence-electron chi connectivity index (χ2n) is 4.70. The monoisotopic (exact) mass is 243 g/mol. The van der Waals surface area contributed by atoms with Crippen LogP contribution in [0.1, 0.15) is 39.2 Å². The van der Waals surface area contributed by atoms with Crippen LogP contribution in [0, 0.1) is 5.82 Å². The zero-order valence-electron chi connectivity index (χ0n) is 10.1. The number of rotatable bonds is 5. The molecule has 3 heteroatoms. The van der Waals surface area contributed by atoms with Crippen molar-refractivity contribution in [3.05, 3.63) is 34.6 Å². The van der Waals surface area contributed by atoms with E-state index in [9.17, 15) is 4.39 Å². The summed E-state index contributed by atoms with van der Waals surface area (Å²) in [5.74, 6) is -0.353. The minimum absolute atomic E-state index is 0.0599. The summed E-state index contributed by atoms with van der Waals surface area (Å²) in [4.78, 5) is 0. The van der Waals surface area contributed by atoms with E-state index in [-0.39, 0.29) is 16.4 Å². The van der Waals surface area contributed by atoms with Gasteiger partial charge in [0.15, 0.2) is 0 Å². The molecule has 90 valence electrons. The first-order valence-corrected chi connectivity index (χ1v) is 6.02. The fourth-order valence-corrected chi connectivity index (χ4v) is 1.93. The number of hydrogen-bond acceptors (Lipinski definition) is 1. The molecule has 16 heavy (non-hydrogen) atoms. The first kappa shape index (κ1) is 13.5. The molecule has 1 N–H and O–H groups in total. The van der Waals surface area contributed by atoms with Crippen LogP contribution in [0.2, 0.25) is 5.02 Å². The Morgan fingerprint density at radius 3 is 2.69 bits per heavy atom. The van der Waals surface area contributed by atoms with E-state index in [0.717, 1.165) is 18.4 Å². The third kappa shape index (κ3) is 3.76. The Hall–Kier alpha value is -0.600. The summed E-state index contributed by atoms with van der Waals surface area (Å²) in [5, 5.41) is 3.62. The maximum atomic E-state index is 13.2. The Balaban J connectivity index is 2.64. The molecular formula is C13H19ClFN. The number of nitrogens with one attached hydrogen (secondary N) is 1. The van der Waals surface area contributed by atoms with E-state index in [4.69, 9.17) is 11.6 Å². The van der Waals surface area contributed by atoms with Crippen LogP contribution in [-0.4, -0.2) is 5.54 Å². The van der Waals surface area contributed by atoms with Gasteiger partial charge in [0.05, 0.1) is 5.02 Å². The summed E-state index contributed by atoms with van der Waals surface area (Å²) in [6.07, 6.45) is 2.21. The number of benzene rings is 1. The van der Waals surface area contributed by atoms with Crippen LogP contribution in [0.3, 0.4) is 0 Å². The lowest BCUT2D eigenvalue weighted by Crippen LogP contribution is -2.38. The smallest absolute Gasteiger partial charge is 0.142 e. The maximum Gasteiger partial charge on any atom is 0.142 e. The zero-order valence-corrected chi connectivity index (χ0v) is 10.9. The van der Waals surface area contributed by atoms with E-state index in [1.165, 1.54) is 6.07 Å². The molecule has 0 saturated carbocycles. The Kier molecular flexibility index (Phi) is 4.75. The van der Waals surface area contributed by atoms with Crippen molar-refractivity contribution < 1.29 is 4.39 Å². The van der Waals surface area contributed by atoms with Crippen molar-refractivity contribution in [2.75, 3.05) is 0 Å². The van der Waals surface area contributed by atoms with Crippen LogP contribution in [-0.2, 0) is 6.54 Å². The summed E-state index contributed by atoms with van der Waals surface area (Å²) >= 11 is 5.88. The van der Waals surface area contributed by atoms with Gasteiger partial charge in [0, 0.05) is 12.1 Å². The summed E-state index contributed by atoms with van der Waals surface area (Å²) in [7, 11) is 0. The topological polar surface area (TPSA) is 12.0 Å². The molecule has 0 aliphatic rings. The van der Waals surface area contributed by atoms with Crippen molar-refractivity contribution in [2.24, 2.45) is 0 Å². The van der Waals surface area contributed by atoms with Crippen LogP contribution in [0.25, 0.3) is 0 Å². The minimum Gasteiger partial charge on any atom is -0.308 e. The SMILES string of the molecule is CCCC(C)(C)NCc1cccc(F)c1Cl. The largest absolute Gasteiger partial charge is 0.308 e. The van der Waals surface area contributed by atoms with Crippen molar-refractivity contribution in [3.63, 3.8) is 0 Å². The first-order valence-electron chi connectivity index (χ1n) is 5.64. The molecule has 0 unspecified atom stereocenters. The van der Waals surface area contributed by atoms with Crippen molar-refractivity contribution in [2.45, 2.75) is 45.7 Å². The molecule has 0 fully saturated rings. The number of hydrogen-bond donors (Lipinski definition) is 1. The van der Waals surface area contributed by atoms with Crippen molar-refractivity contribution >= 4 is 11.6 Å². The highest BCUT2D eigenvalue weighted by Crippen LogP contribution is 2.20. The van der Waals surface area contributed by atoms with Crippen LogP contribution in [0.4, 0.5) is 4.39 Å². The molecule has 0 saturated heterocycles. The molecule has 1 nitrogen and oxygen atoms in total. The molecular weight excluding hydrogens is 225 g/mol. The molecule has 1 aromatic rings. The van der Waals surface area contributed by atoms with Gasteiger partial charge in [-0.25, -0.2) is 4.39 Å². The van der Waals surface area contributed by atoms with Gasteiger partial charge in [0.25, 0.3) is 0 Å². The third-order valence-electron chi connectivity index (χ3n) is 2.66. The quantitative estimate of drug-likeness (QED) is 0.819. The average molecular weight is 244 g/mol. The lowest BCUT2D eigenvalue weighted by molar-refractivity contribution is 0.356. The van der Waals surface area contributed by atoms with Crippen LogP contribution in [0.15, 0.2) is 18.2 Å². The average Bonchev–Trinajstić information content (AvgIpc) is 2.20. The Morgan fingerprint density at radius 1 is 1.38 bits per heavy atom. The standard InChI is InChI=1S/C13H19ClFN/c1-4-8-13(2,3)16-9-10-6-5-7-11(15)12(10)14/h5-7,16H,4,8-9H2,1-3H3. The lowest BCUT2D eigenvalue weighted by Gasteiger charge is -2.26. The van der Waals surface area contributed by atoms with E-state index in [0.29, 0.717) is 6.54 Å². The highest BCUT2D eigenvalue weighted by molar-refractivity contribution is 6.31. The van der Waals surface area contributed by atoms with Crippen LogP contribution >= 0.6 is 11.6 Å². The van der Waals surface area contributed by atoms with Crippen molar-refractivity contribution in [3.8, 4) is 0 Å². The van der Waals surface area contributed by atoms with Gasteiger partial charge in [0.1, 0.15) is 5.82 Å². The molecule has 0 spiro atoms. The van der Waals surface area contributed by atoms with Gasteiger partial charge >= 0.3 is 0 Å². The predicted octanol–water partition coefficient (Wildman–Crippen LogP) is 4.15. The molecule has 1 aromatic carbocycles. The Bertz CT molecular complexity index is 350. The highest BCUT2D eigenvalue weighted by Gasteiger charge is 2.16. The van der Waals surface area contributed by atoms with Crippen LogP contribution < -0.4 is 5.32 Å². The molecule has 0 aliphatic heterocycles. The maximum absolute atomic E-state index is 13.2. The van der Waals surface area contributed by atoms with E-state index in [2.05, 4.69) is 26.1 Å². The van der Waals surface area contributed by atoms with Gasteiger partial charge in [-0.3, -0.25) is 0 Å². The first-order chi connectivity index (χ1) is 7.46. The van der Waals surface area contributed by atoms with E-state index in [1.807, 2.05) is 6.07 Å². The molecule has 0 radical (unpaired) electrons. The second kappa shape index (κ2) is 5.65. The second-order valence-corrected chi connectivity index (χ2v) is 5.08. The van der Waals surface area contributed by atoms with Gasteiger partial charge in [-0.2, -0.15) is 0 Å². The molecule has 0 heterocycles.